The number of hydrogen-bond donors (Lipinski definition) is 2. The van der Waals surface area contributed by atoms with E-state index in [-0.39, 0.29) is 18.0 Å². The first kappa shape index (κ1) is 15.0. The van der Waals surface area contributed by atoms with Crippen LogP contribution in [0.5, 0.6) is 0 Å². The molecule has 110 valence electrons. The molecule has 0 aromatic heterocycles. The Bertz CT molecular complexity index is 458. The Morgan fingerprint density at radius 1 is 1.45 bits per heavy atom. The molecule has 0 saturated carbocycles. The van der Waals surface area contributed by atoms with Crippen molar-refractivity contribution in [1.29, 1.82) is 0 Å². The minimum absolute atomic E-state index is 0.0249. The first-order valence-electron chi connectivity index (χ1n) is 7.66. The lowest BCUT2D eigenvalue weighted by Crippen LogP contribution is -2.52. The number of carbonyl (C=O) groups excluding carboxylic acids is 1. The second-order valence-corrected chi connectivity index (χ2v) is 6.09. The second-order valence-electron chi connectivity index (χ2n) is 6.09. The molecule has 3 heteroatoms. The number of carbonyl (C=O) groups is 1. The van der Waals surface area contributed by atoms with E-state index in [9.17, 15) is 4.79 Å². The number of rotatable bonds is 4. The predicted octanol–water partition coefficient (Wildman–Crippen LogP) is 2.43. The van der Waals surface area contributed by atoms with Crippen molar-refractivity contribution in [3.63, 3.8) is 0 Å². The van der Waals surface area contributed by atoms with Crippen LogP contribution in [0, 0.1) is 12.8 Å². The highest BCUT2D eigenvalue weighted by molar-refractivity contribution is 5.82. The maximum absolute atomic E-state index is 12.3. The molecule has 1 fully saturated rings. The number of nitrogens with one attached hydrogen (secondary N) is 2. The Morgan fingerprint density at radius 3 is 2.90 bits per heavy atom. The summed E-state index contributed by atoms with van der Waals surface area (Å²) in [5.41, 5.74) is 2.60. The lowest BCUT2D eigenvalue weighted by atomic mass is 9.92. The SMILES string of the molecule is Cc1ccccc1CC(C)NC(=O)C1NCCCC1C. The Hall–Kier alpha value is -1.35. The van der Waals surface area contributed by atoms with Crippen molar-refractivity contribution in [3.05, 3.63) is 35.4 Å². The highest BCUT2D eigenvalue weighted by atomic mass is 16.2. The fourth-order valence-corrected chi connectivity index (χ4v) is 2.95. The predicted molar refractivity (Wildman–Crippen MR) is 82.7 cm³/mol. The van der Waals surface area contributed by atoms with Crippen LogP contribution >= 0.6 is 0 Å². The van der Waals surface area contributed by atoms with Crippen LogP contribution in [0.4, 0.5) is 0 Å². The molecule has 1 heterocycles. The van der Waals surface area contributed by atoms with E-state index in [1.54, 1.807) is 0 Å². The lowest BCUT2D eigenvalue weighted by Gasteiger charge is -2.30. The standard InChI is InChI=1S/C17H26N2O/c1-12-7-4-5-9-15(12)11-14(3)19-17(20)16-13(2)8-6-10-18-16/h4-5,7,9,13-14,16,18H,6,8,10-11H2,1-3H3,(H,19,20). The van der Waals surface area contributed by atoms with Crippen molar-refractivity contribution in [2.75, 3.05) is 6.54 Å². The van der Waals surface area contributed by atoms with Crippen LogP contribution in [0.3, 0.4) is 0 Å². The molecule has 1 aromatic rings. The molecule has 0 bridgehead atoms. The summed E-state index contributed by atoms with van der Waals surface area (Å²) in [7, 11) is 0. The smallest absolute Gasteiger partial charge is 0.237 e. The number of piperidine rings is 1. The quantitative estimate of drug-likeness (QED) is 0.885. The van der Waals surface area contributed by atoms with E-state index >= 15 is 0 Å². The van der Waals surface area contributed by atoms with Gasteiger partial charge < -0.3 is 10.6 Å². The van der Waals surface area contributed by atoms with Gasteiger partial charge >= 0.3 is 0 Å². The molecule has 3 atom stereocenters. The van der Waals surface area contributed by atoms with Gasteiger partial charge in [0.15, 0.2) is 0 Å². The van der Waals surface area contributed by atoms with Crippen molar-refractivity contribution in [1.82, 2.24) is 10.6 Å². The molecule has 3 nitrogen and oxygen atoms in total. The zero-order chi connectivity index (χ0) is 14.5. The largest absolute Gasteiger partial charge is 0.352 e. The number of aryl methyl sites for hydroxylation is 1. The Balaban J connectivity index is 1.89. The summed E-state index contributed by atoms with van der Waals surface area (Å²) in [4.78, 5) is 12.3. The van der Waals surface area contributed by atoms with Gasteiger partial charge in [0.1, 0.15) is 0 Å². The van der Waals surface area contributed by atoms with Crippen LogP contribution in [-0.4, -0.2) is 24.5 Å². The maximum atomic E-state index is 12.3. The van der Waals surface area contributed by atoms with E-state index in [4.69, 9.17) is 0 Å². The summed E-state index contributed by atoms with van der Waals surface area (Å²) in [5, 5.41) is 6.49. The fourth-order valence-electron chi connectivity index (χ4n) is 2.95. The molecule has 0 aliphatic carbocycles. The molecule has 2 N–H and O–H groups in total. The van der Waals surface area contributed by atoms with Gasteiger partial charge in [0.2, 0.25) is 5.91 Å². The highest BCUT2D eigenvalue weighted by Crippen LogP contribution is 2.16. The average Bonchev–Trinajstić information content (AvgIpc) is 2.41. The van der Waals surface area contributed by atoms with Gasteiger partial charge in [-0.15, -0.1) is 0 Å². The first-order chi connectivity index (χ1) is 9.58. The minimum atomic E-state index is -0.0249. The van der Waals surface area contributed by atoms with Crippen molar-refractivity contribution >= 4 is 5.91 Å². The van der Waals surface area contributed by atoms with Gasteiger partial charge in [-0.25, -0.2) is 0 Å². The second kappa shape index (κ2) is 6.89. The van der Waals surface area contributed by atoms with Crippen molar-refractivity contribution in [2.45, 2.75) is 52.1 Å². The highest BCUT2D eigenvalue weighted by Gasteiger charge is 2.27. The molecular formula is C17H26N2O. The molecule has 1 aliphatic rings. The molecule has 1 aromatic carbocycles. The van der Waals surface area contributed by atoms with Gasteiger partial charge in [0.25, 0.3) is 0 Å². The van der Waals surface area contributed by atoms with Crippen LogP contribution in [0.1, 0.15) is 37.8 Å². The van der Waals surface area contributed by atoms with E-state index in [1.807, 2.05) is 0 Å². The third-order valence-electron chi connectivity index (χ3n) is 4.23. The molecular weight excluding hydrogens is 248 g/mol. The van der Waals surface area contributed by atoms with Gasteiger partial charge in [-0.2, -0.15) is 0 Å². The van der Waals surface area contributed by atoms with E-state index < -0.39 is 0 Å². The summed E-state index contributed by atoms with van der Waals surface area (Å²) in [6.45, 7) is 7.31. The first-order valence-corrected chi connectivity index (χ1v) is 7.66. The van der Waals surface area contributed by atoms with E-state index in [2.05, 4.69) is 55.7 Å². The Kier molecular flexibility index (Phi) is 5.18. The molecule has 1 amide bonds. The summed E-state index contributed by atoms with van der Waals surface area (Å²) < 4.78 is 0. The third kappa shape index (κ3) is 3.83. The molecule has 3 unspecified atom stereocenters. The minimum Gasteiger partial charge on any atom is -0.352 e. The normalized spacial score (nSPS) is 24.1. The number of hydrogen-bond acceptors (Lipinski definition) is 2. The lowest BCUT2D eigenvalue weighted by molar-refractivity contribution is -0.125. The van der Waals surface area contributed by atoms with E-state index in [0.29, 0.717) is 5.92 Å². The topological polar surface area (TPSA) is 41.1 Å². The number of amides is 1. The Labute approximate surface area is 122 Å². The van der Waals surface area contributed by atoms with E-state index in [1.165, 1.54) is 17.5 Å². The van der Waals surface area contributed by atoms with Gasteiger partial charge in [-0.1, -0.05) is 31.2 Å². The molecule has 0 spiro atoms. The van der Waals surface area contributed by atoms with E-state index in [0.717, 1.165) is 19.4 Å². The number of benzene rings is 1. The van der Waals surface area contributed by atoms with Crippen molar-refractivity contribution in [2.24, 2.45) is 5.92 Å². The summed E-state index contributed by atoms with van der Waals surface area (Å²) in [6, 6.07) is 8.51. The van der Waals surface area contributed by atoms with Gasteiger partial charge in [0, 0.05) is 6.04 Å². The van der Waals surface area contributed by atoms with Crippen LogP contribution in [0.2, 0.25) is 0 Å². The molecule has 20 heavy (non-hydrogen) atoms. The summed E-state index contributed by atoms with van der Waals surface area (Å²) in [6.07, 6.45) is 3.19. The molecule has 2 rings (SSSR count). The fraction of sp³-hybridized carbons (Fsp3) is 0.588. The molecule has 1 aliphatic heterocycles. The molecule has 1 saturated heterocycles. The summed E-state index contributed by atoms with van der Waals surface area (Å²) >= 11 is 0. The van der Waals surface area contributed by atoms with Gasteiger partial charge in [-0.3, -0.25) is 4.79 Å². The van der Waals surface area contributed by atoms with Crippen molar-refractivity contribution < 1.29 is 4.79 Å². The maximum Gasteiger partial charge on any atom is 0.237 e. The van der Waals surface area contributed by atoms with Gasteiger partial charge in [-0.05, 0) is 56.7 Å². The van der Waals surface area contributed by atoms with Crippen LogP contribution < -0.4 is 10.6 Å². The summed E-state index contributed by atoms with van der Waals surface area (Å²) in [5.74, 6) is 0.577. The third-order valence-corrected chi connectivity index (χ3v) is 4.23. The average molecular weight is 274 g/mol. The zero-order valence-electron chi connectivity index (χ0n) is 12.8. The monoisotopic (exact) mass is 274 g/mol. The van der Waals surface area contributed by atoms with Crippen LogP contribution in [0.25, 0.3) is 0 Å². The zero-order valence-corrected chi connectivity index (χ0v) is 12.8. The Morgan fingerprint density at radius 2 is 2.20 bits per heavy atom. The van der Waals surface area contributed by atoms with Gasteiger partial charge in [0.05, 0.1) is 6.04 Å². The van der Waals surface area contributed by atoms with Crippen LogP contribution in [-0.2, 0) is 11.2 Å². The molecule has 0 radical (unpaired) electrons. The van der Waals surface area contributed by atoms with Crippen molar-refractivity contribution in [3.8, 4) is 0 Å². The van der Waals surface area contributed by atoms with Crippen LogP contribution in [0.15, 0.2) is 24.3 Å².